The molecule has 15 heavy (non-hydrogen) atoms. The lowest BCUT2D eigenvalue weighted by Gasteiger charge is -2.32. The lowest BCUT2D eigenvalue weighted by atomic mass is 9.77. The molecule has 0 radical (unpaired) electrons. The van der Waals surface area contributed by atoms with Gasteiger partial charge in [-0.15, -0.1) is 0 Å². The summed E-state index contributed by atoms with van der Waals surface area (Å²) in [4.78, 5) is 0. The quantitative estimate of drug-likeness (QED) is 0.782. The van der Waals surface area contributed by atoms with Crippen LogP contribution in [0.4, 0.5) is 0 Å². The molecule has 0 aromatic heterocycles. The van der Waals surface area contributed by atoms with Gasteiger partial charge in [0.1, 0.15) is 0 Å². The van der Waals surface area contributed by atoms with Gasteiger partial charge < -0.3 is 5.11 Å². The summed E-state index contributed by atoms with van der Waals surface area (Å²) < 4.78 is 0. The van der Waals surface area contributed by atoms with Crippen LogP contribution in [0.1, 0.15) is 47.6 Å². The van der Waals surface area contributed by atoms with Crippen molar-refractivity contribution in [2.75, 3.05) is 0 Å². The summed E-state index contributed by atoms with van der Waals surface area (Å²) in [7, 11) is 0. The normalized spacial score (nSPS) is 18.7. The van der Waals surface area contributed by atoms with Crippen LogP contribution in [-0.4, -0.2) is 5.11 Å². The van der Waals surface area contributed by atoms with E-state index in [0.29, 0.717) is 5.92 Å². The van der Waals surface area contributed by atoms with E-state index < -0.39 is 0 Å². The van der Waals surface area contributed by atoms with Crippen molar-refractivity contribution >= 4 is 0 Å². The molecule has 0 aliphatic heterocycles. The highest BCUT2D eigenvalue weighted by molar-refractivity contribution is 5.39. The first-order valence-electron chi connectivity index (χ1n) is 5.85. The second kappa shape index (κ2) is 3.97. The smallest absolute Gasteiger partial charge is 0.0823 e. The van der Waals surface area contributed by atoms with Gasteiger partial charge in [0, 0.05) is 0 Å². The summed E-state index contributed by atoms with van der Waals surface area (Å²) in [5, 5.41) is 10.3. The van der Waals surface area contributed by atoms with Crippen LogP contribution >= 0.6 is 0 Å². The van der Waals surface area contributed by atoms with E-state index in [2.05, 4.69) is 32.9 Å². The molecule has 1 nitrogen and oxygen atoms in total. The highest BCUT2D eigenvalue weighted by Gasteiger charge is 2.28. The monoisotopic (exact) mass is 204 g/mol. The van der Waals surface area contributed by atoms with Gasteiger partial charge in [-0.25, -0.2) is 0 Å². The predicted octanol–water partition coefficient (Wildman–Crippen LogP) is 3.45. The fourth-order valence-corrected chi connectivity index (χ4v) is 2.65. The molecule has 2 rings (SSSR count). The SMILES string of the molecule is Cc1cc(C)c(C(O)C2CCC2)c(C)c1. The van der Waals surface area contributed by atoms with E-state index in [9.17, 15) is 5.11 Å². The molecule has 1 aromatic carbocycles. The Morgan fingerprint density at radius 2 is 1.67 bits per heavy atom. The van der Waals surface area contributed by atoms with Crippen molar-refractivity contribution in [3.8, 4) is 0 Å². The number of hydrogen-bond donors (Lipinski definition) is 1. The van der Waals surface area contributed by atoms with Crippen LogP contribution in [0, 0.1) is 26.7 Å². The van der Waals surface area contributed by atoms with E-state index in [1.165, 1.54) is 41.5 Å². The van der Waals surface area contributed by atoms with Gasteiger partial charge in [0.05, 0.1) is 6.10 Å². The second-order valence-corrected chi connectivity index (χ2v) is 4.95. The number of rotatable bonds is 2. The summed E-state index contributed by atoms with van der Waals surface area (Å²) in [6.45, 7) is 6.33. The molecular formula is C14H20O. The fraction of sp³-hybridized carbons (Fsp3) is 0.571. The first kappa shape index (κ1) is 10.7. The van der Waals surface area contributed by atoms with E-state index in [4.69, 9.17) is 0 Å². The number of hydrogen-bond acceptors (Lipinski definition) is 1. The van der Waals surface area contributed by atoms with Crippen LogP contribution in [0.5, 0.6) is 0 Å². The Hall–Kier alpha value is -0.820. The minimum Gasteiger partial charge on any atom is -0.388 e. The Labute approximate surface area is 92.1 Å². The molecule has 1 aliphatic carbocycles. The van der Waals surface area contributed by atoms with Gasteiger partial charge in [-0.1, -0.05) is 24.1 Å². The Morgan fingerprint density at radius 1 is 1.13 bits per heavy atom. The molecule has 1 unspecified atom stereocenters. The fourth-order valence-electron chi connectivity index (χ4n) is 2.65. The molecule has 1 aromatic rings. The van der Waals surface area contributed by atoms with Crippen molar-refractivity contribution in [1.29, 1.82) is 0 Å². The maximum Gasteiger partial charge on any atom is 0.0823 e. The first-order chi connectivity index (χ1) is 7.09. The summed E-state index contributed by atoms with van der Waals surface area (Å²) in [6.07, 6.45) is 3.42. The molecule has 0 amide bonds. The van der Waals surface area contributed by atoms with E-state index in [0.717, 1.165) is 0 Å². The lowest BCUT2D eigenvalue weighted by molar-refractivity contribution is 0.0611. The topological polar surface area (TPSA) is 20.2 Å². The van der Waals surface area contributed by atoms with Crippen LogP contribution < -0.4 is 0 Å². The Morgan fingerprint density at radius 3 is 2.07 bits per heavy atom. The van der Waals surface area contributed by atoms with Crippen molar-refractivity contribution < 1.29 is 5.11 Å². The third kappa shape index (κ3) is 1.93. The van der Waals surface area contributed by atoms with E-state index in [1.807, 2.05) is 0 Å². The van der Waals surface area contributed by atoms with Crippen LogP contribution in [0.3, 0.4) is 0 Å². The zero-order valence-corrected chi connectivity index (χ0v) is 9.88. The first-order valence-corrected chi connectivity index (χ1v) is 5.85. The molecule has 1 fully saturated rings. The van der Waals surface area contributed by atoms with Crippen molar-refractivity contribution in [3.05, 3.63) is 34.4 Å². The molecule has 1 heteroatoms. The van der Waals surface area contributed by atoms with Gasteiger partial charge in [-0.3, -0.25) is 0 Å². The molecule has 1 N–H and O–H groups in total. The van der Waals surface area contributed by atoms with Gasteiger partial charge in [0.25, 0.3) is 0 Å². The van der Waals surface area contributed by atoms with Crippen molar-refractivity contribution in [1.82, 2.24) is 0 Å². The van der Waals surface area contributed by atoms with Crippen molar-refractivity contribution in [3.63, 3.8) is 0 Å². The minimum absolute atomic E-state index is 0.237. The summed E-state index contributed by atoms with van der Waals surface area (Å²) in [5.74, 6) is 0.505. The molecule has 1 atom stereocenters. The molecule has 82 valence electrons. The molecule has 0 saturated heterocycles. The summed E-state index contributed by atoms with van der Waals surface area (Å²) >= 11 is 0. The number of aliphatic hydroxyl groups excluding tert-OH is 1. The number of aryl methyl sites for hydroxylation is 3. The van der Waals surface area contributed by atoms with Gasteiger partial charge in [0.15, 0.2) is 0 Å². The minimum atomic E-state index is -0.237. The third-order valence-corrected chi connectivity index (χ3v) is 3.63. The maximum absolute atomic E-state index is 10.3. The van der Waals surface area contributed by atoms with Crippen molar-refractivity contribution in [2.24, 2.45) is 5.92 Å². The predicted molar refractivity (Wildman–Crippen MR) is 63.0 cm³/mol. The van der Waals surface area contributed by atoms with E-state index in [-0.39, 0.29) is 6.10 Å². The van der Waals surface area contributed by atoms with Gasteiger partial charge in [-0.05, 0) is 56.2 Å². The maximum atomic E-state index is 10.3. The standard InChI is InChI=1S/C14H20O/c1-9-7-10(2)13(11(3)8-9)14(15)12-5-4-6-12/h7-8,12,14-15H,4-6H2,1-3H3. The Balaban J connectivity index is 2.33. The lowest BCUT2D eigenvalue weighted by Crippen LogP contribution is -2.21. The molecule has 0 spiro atoms. The molecule has 0 bridgehead atoms. The highest BCUT2D eigenvalue weighted by Crippen LogP contribution is 2.39. The van der Waals surface area contributed by atoms with Crippen LogP contribution in [0.15, 0.2) is 12.1 Å². The molecule has 1 aliphatic rings. The zero-order valence-electron chi connectivity index (χ0n) is 9.88. The van der Waals surface area contributed by atoms with E-state index in [1.54, 1.807) is 0 Å². The number of aliphatic hydroxyl groups is 1. The Kier molecular flexibility index (Phi) is 2.83. The van der Waals surface area contributed by atoms with Crippen molar-refractivity contribution in [2.45, 2.75) is 46.1 Å². The average Bonchev–Trinajstić information content (AvgIpc) is 1.97. The Bertz CT molecular complexity index is 341. The second-order valence-electron chi connectivity index (χ2n) is 4.95. The van der Waals surface area contributed by atoms with Crippen LogP contribution in [-0.2, 0) is 0 Å². The number of benzene rings is 1. The zero-order chi connectivity index (χ0) is 11.0. The summed E-state index contributed by atoms with van der Waals surface area (Å²) in [5.41, 5.74) is 4.94. The van der Waals surface area contributed by atoms with Gasteiger partial charge in [0.2, 0.25) is 0 Å². The largest absolute Gasteiger partial charge is 0.388 e. The summed E-state index contributed by atoms with van der Waals surface area (Å²) in [6, 6.07) is 4.34. The van der Waals surface area contributed by atoms with Gasteiger partial charge in [-0.2, -0.15) is 0 Å². The molecule has 1 saturated carbocycles. The van der Waals surface area contributed by atoms with Crippen LogP contribution in [0.2, 0.25) is 0 Å². The third-order valence-electron chi connectivity index (χ3n) is 3.63. The molecule has 0 heterocycles. The van der Waals surface area contributed by atoms with Gasteiger partial charge >= 0.3 is 0 Å². The highest BCUT2D eigenvalue weighted by atomic mass is 16.3. The molecular weight excluding hydrogens is 184 g/mol. The van der Waals surface area contributed by atoms with E-state index >= 15 is 0 Å². The average molecular weight is 204 g/mol. The van der Waals surface area contributed by atoms with Crippen LogP contribution in [0.25, 0.3) is 0 Å².